The SMILES string of the molecule is O=Nc1ccc(S(=O)(=O)n2cnc3c(Cl)ncnc32)cc1. The largest absolute Gasteiger partial charge is 0.270 e. The Bertz CT molecular complexity index is 936. The van der Waals surface area contributed by atoms with Crippen molar-refractivity contribution in [2.45, 2.75) is 4.90 Å². The topological polar surface area (TPSA) is 107 Å². The molecule has 106 valence electrons. The Kier molecular flexibility index (Phi) is 3.15. The normalized spacial score (nSPS) is 11.7. The van der Waals surface area contributed by atoms with Gasteiger partial charge in [0.2, 0.25) is 0 Å². The van der Waals surface area contributed by atoms with Gasteiger partial charge in [0.15, 0.2) is 10.8 Å². The van der Waals surface area contributed by atoms with Gasteiger partial charge in [-0.2, -0.15) is 0 Å². The number of imidazole rings is 1. The molecule has 3 aromatic rings. The second-order valence-electron chi connectivity index (χ2n) is 3.97. The first-order valence-electron chi connectivity index (χ1n) is 5.56. The van der Waals surface area contributed by atoms with Crippen LogP contribution in [0.5, 0.6) is 0 Å². The van der Waals surface area contributed by atoms with E-state index in [0.29, 0.717) is 0 Å². The van der Waals surface area contributed by atoms with Crippen molar-refractivity contribution in [3.8, 4) is 0 Å². The zero-order valence-corrected chi connectivity index (χ0v) is 11.8. The minimum atomic E-state index is -3.90. The Labute approximate surface area is 123 Å². The molecule has 21 heavy (non-hydrogen) atoms. The first-order valence-corrected chi connectivity index (χ1v) is 7.38. The lowest BCUT2D eigenvalue weighted by molar-refractivity contribution is 0.588. The molecule has 0 aliphatic heterocycles. The molecule has 0 bridgehead atoms. The Morgan fingerprint density at radius 1 is 1.10 bits per heavy atom. The van der Waals surface area contributed by atoms with E-state index in [0.717, 1.165) is 16.6 Å². The monoisotopic (exact) mass is 323 g/mol. The van der Waals surface area contributed by atoms with Crippen molar-refractivity contribution in [3.63, 3.8) is 0 Å². The van der Waals surface area contributed by atoms with Crippen molar-refractivity contribution in [1.29, 1.82) is 0 Å². The minimum Gasteiger partial charge on any atom is -0.231 e. The summed E-state index contributed by atoms with van der Waals surface area (Å²) >= 11 is 5.84. The molecule has 0 radical (unpaired) electrons. The van der Waals surface area contributed by atoms with Crippen molar-refractivity contribution in [1.82, 2.24) is 18.9 Å². The van der Waals surface area contributed by atoms with Crippen LogP contribution in [0.15, 0.2) is 47.0 Å². The lowest BCUT2D eigenvalue weighted by Gasteiger charge is -2.05. The Morgan fingerprint density at radius 2 is 1.81 bits per heavy atom. The molecule has 8 nitrogen and oxygen atoms in total. The van der Waals surface area contributed by atoms with E-state index >= 15 is 0 Å². The highest BCUT2D eigenvalue weighted by atomic mass is 35.5. The van der Waals surface area contributed by atoms with E-state index in [2.05, 4.69) is 20.1 Å². The number of aromatic nitrogens is 4. The molecule has 0 saturated heterocycles. The second kappa shape index (κ2) is 4.86. The van der Waals surface area contributed by atoms with Gasteiger partial charge < -0.3 is 0 Å². The lowest BCUT2D eigenvalue weighted by atomic mass is 10.3. The lowest BCUT2D eigenvalue weighted by Crippen LogP contribution is -2.12. The third-order valence-electron chi connectivity index (χ3n) is 2.76. The summed E-state index contributed by atoms with van der Waals surface area (Å²) in [6.45, 7) is 0. The van der Waals surface area contributed by atoms with E-state index in [-0.39, 0.29) is 26.9 Å². The van der Waals surface area contributed by atoms with E-state index in [9.17, 15) is 13.3 Å². The summed E-state index contributed by atoms with van der Waals surface area (Å²) < 4.78 is 26.0. The van der Waals surface area contributed by atoms with Gasteiger partial charge in [-0.25, -0.2) is 27.3 Å². The van der Waals surface area contributed by atoms with Crippen LogP contribution in [0.2, 0.25) is 5.15 Å². The van der Waals surface area contributed by atoms with Gasteiger partial charge in [0, 0.05) is 0 Å². The van der Waals surface area contributed by atoms with Crippen LogP contribution in [0.25, 0.3) is 11.2 Å². The van der Waals surface area contributed by atoms with Crippen molar-refractivity contribution in [3.05, 3.63) is 47.0 Å². The molecule has 10 heteroatoms. The maximum Gasteiger partial charge on any atom is 0.270 e. The molecular weight excluding hydrogens is 318 g/mol. The van der Waals surface area contributed by atoms with Gasteiger partial charge >= 0.3 is 0 Å². The Hall–Kier alpha value is -2.39. The fourth-order valence-electron chi connectivity index (χ4n) is 1.75. The van der Waals surface area contributed by atoms with Crippen molar-refractivity contribution in [2.24, 2.45) is 5.18 Å². The van der Waals surface area contributed by atoms with Crippen LogP contribution < -0.4 is 0 Å². The summed E-state index contributed by atoms with van der Waals surface area (Å²) in [5, 5.41) is 2.78. The number of rotatable bonds is 3. The van der Waals surface area contributed by atoms with E-state index in [1.165, 1.54) is 24.3 Å². The van der Waals surface area contributed by atoms with E-state index in [4.69, 9.17) is 11.6 Å². The summed E-state index contributed by atoms with van der Waals surface area (Å²) in [4.78, 5) is 21.9. The standard InChI is InChI=1S/C11H6ClN5O3S/c12-10-9-11(14-5-13-10)17(6-15-9)21(19,20)8-3-1-7(16-18)2-4-8/h1-6H. The van der Waals surface area contributed by atoms with Crippen LogP contribution in [-0.4, -0.2) is 27.3 Å². The van der Waals surface area contributed by atoms with Crippen molar-refractivity contribution in [2.75, 3.05) is 0 Å². The van der Waals surface area contributed by atoms with Crippen LogP contribution >= 0.6 is 11.6 Å². The van der Waals surface area contributed by atoms with Gasteiger partial charge in [-0.1, -0.05) is 11.6 Å². The van der Waals surface area contributed by atoms with Gasteiger partial charge in [-0.15, -0.1) is 4.91 Å². The zero-order chi connectivity index (χ0) is 15.0. The van der Waals surface area contributed by atoms with Crippen molar-refractivity contribution < 1.29 is 8.42 Å². The Morgan fingerprint density at radius 3 is 2.48 bits per heavy atom. The smallest absolute Gasteiger partial charge is 0.231 e. The molecule has 3 rings (SSSR count). The predicted molar refractivity (Wildman–Crippen MR) is 74.8 cm³/mol. The molecule has 0 amide bonds. The van der Waals surface area contributed by atoms with Crippen molar-refractivity contribution >= 4 is 38.5 Å². The summed E-state index contributed by atoms with van der Waals surface area (Å²) in [6, 6.07) is 5.17. The molecule has 0 saturated carbocycles. The predicted octanol–water partition coefficient (Wildman–Crippen LogP) is 2.11. The van der Waals surface area contributed by atoms with Crippen LogP contribution in [0.4, 0.5) is 5.69 Å². The van der Waals surface area contributed by atoms with Gasteiger partial charge in [-0.3, -0.25) is 0 Å². The number of hydrogen-bond donors (Lipinski definition) is 0. The maximum absolute atomic E-state index is 12.5. The zero-order valence-electron chi connectivity index (χ0n) is 10.2. The first-order chi connectivity index (χ1) is 10.0. The quantitative estimate of drug-likeness (QED) is 0.539. The fourth-order valence-corrected chi connectivity index (χ4v) is 3.17. The number of fused-ring (bicyclic) bond motifs is 1. The summed E-state index contributed by atoms with van der Waals surface area (Å²) in [7, 11) is -3.90. The third-order valence-corrected chi connectivity index (χ3v) is 4.69. The highest BCUT2D eigenvalue weighted by Crippen LogP contribution is 2.23. The van der Waals surface area contributed by atoms with Gasteiger partial charge in [-0.05, 0) is 29.4 Å². The molecule has 0 atom stereocenters. The molecular formula is C11H6ClN5O3S. The molecule has 2 aromatic heterocycles. The summed E-state index contributed by atoms with van der Waals surface area (Å²) in [5.41, 5.74) is 0.399. The average molecular weight is 324 g/mol. The molecule has 0 fully saturated rings. The van der Waals surface area contributed by atoms with Crippen LogP contribution in [0.3, 0.4) is 0 Å². The summed E-state index contributed by atoms with van der Waals surface area (Å²) in [6.07, 6.45) is 2.25. The van der Waals surface area contributed by atoms with E-state index < -0.39 is 10.0 Å². The first kappa shape index (κ1) is 13.6. The highest BCUT2D eigenvalue weighted by Gasteiger charge is 2.21. The Balaban J connectivity index is 2.20. The number of halogens is 1. The number of hydrogen-bond acceptors (Lipinski definition) is 7. The van der Waals surface area contributed by atoms with E-state index in [1.54, 1.807) is 0 Å². The van der Waals surface area contributed by atoms with Gasteiger partial charge in [0.25, 0.3) is 10.0 Å². The number of nitroso groups, excluding NO2 is 1. The summed E-state index contributed by atoms with van der Waals surface area (Å²) in [5.74, 6) is 0. The molecule has 0 unspecified atom stereocenters. The molecule has 2 heterocycles. The van der Waals surface area contributed by atoms with Crippen LogP contribution in [0.1, 0.15) is 0 Å². The fraction of sp³-hybridized carbons (Fsp3) is 0. The molecule has 0 aliphatic rings. The van der Waals surface area contributed by atoms with Gasteiger partial charge in [0.1, 0.15) is 23.9 Å². The number of nitrogens with zero attached hydrogens (tertiary/aromatic N) is 5. The maximum atomic E-state index is 12.5. The highest BCUT2D eigenvalue weighted by molar-refractivity contribution is 7.90. The van der Waals surface area contributed by atoms with Crippen LogP contribution in [0, 0.1) is 4.91 Å². The third kappa shape index (κ3) is 2.16. The molecule has 0 N–H and O–H groups in total. The van der Waals surface area contributed by atoms with Crippen LogP contribution in [-0.2, 0) is 10.0 Å². The minimum absolute atomic E-state index is 0.0241. The second-order valence-corrected chi connectivity index (χ2v) is 6.14. The van der Waals surface area contributed by atoms with E-state index in [1.807, 2.05) is 0 Å². The molecule has 1 aromatic carbocycles. The average Bonchev–Trinajstić information content (AvgIpc) is 2.93. The molecule has 0 spiro atoms. The molecule has 0 aliphatic carbocycles. The van der Waals surface area contributed by atoms with Gasteiger partial charge in [0.05, 0.1) is 4.90 Å². The number of benzene rings is 1.